The maximum atomic E-state index is 12.8. The van der Waals surface area contributed by atoms with Crippen LogP contribution in [0.3, 0.4) is 0 Å². The van der Waals surface area contributed by atoms with Crippen LogP contribution in [0.25, 0.3) is 44.7 Å². The van der Waals surface area contributed by atoms with E-state index in [4.69, 9.17) is 30.5 Å². The molecule has 0 aliphatic rings. The number of hydrogen-bond donors (Lipinski definition) is 5. The Labute approximate surface area is 301 Å². The molecular weight excluding hydrogens is 724 g/mol. The molecule has 0 radical (unpaired) electrons. The molecule has 0 saturated carbocycles. The molecule has 0 aliphatic heterocycles. The Hall–Kier alpha value is -6.69. The molecule has 0 unspecified atom stereocenters. The molecule has 12 nitrogen and oxygen atoms in total. The summed E-state index contributed by atoms with van der Waals surface area (Å²) < 4.78 is 63.5. The lowest BCUT2D eigenvalue weighted by molar-refractivity contribution is -0.193. The molecule has 0 atom stereocenters. The number of fused-ring (bicyclic) bond motifs is 1. The van der Waals surface area contributed by atoms with Gasteiger partial charge in [-0.15, -0.1) is 0 Å². The number of hydrogen-bond acceptors (Lipinski definition) is 8. The number of nitrogens with zero attached hydrogens (tertiary/aromatic N) is 4. The molecule has 1 amide bonds. The summed E-state index contributed by atoms with van der Waals surface area (Å²) in [6, 6.07) is 32.0. The van der Waals surface area contributed by atoms with E-state index in [9.17, 15) is 31.1 Å². The van der Waals surface area contributed by atoms with Crippen LogP contribution < -0.4 is 11.1 Å². The molecule has 6 aromatic rings. The Morgan fingerprint density at radius 2 is 1.30 bits per heavy atom. The van der Waals surface area contributed by atoms with Gasteiger partial charge in [-0.2, -0.15) is 31.4 Å². The van der Waals surface area contributed by atoms with Gasteiger partial charge in [-0.25, -0.2) is 19.6 Å². The molecule has 280 valence electrons. The Bertz CT molecular complexity index is 2170. The lowest BCUT2D eigenvalue weighted by atomic mass is 9.96. The zero-order valence-corrected chi connectivity index (χ0v) is 27.7. The van der Waals surface area contributed by atoms with E-state index in [-0.39, 0.29) is 18.9 Å². The monoisotopic (exact) mass is 753 g/mol. The van der Waals surface area contributed by atoms with Crippen molar-refractivity contribution in [2.45, 2.75) is 31.9 Å². The fraction of sp³-hybridized carbons (Fsp3) is 0.139. The molecule has 0 saturated heterocycles. The van der Waals surface area contributed by atoms with Gasteiger partial charge in [0.1, 0.15) is 5.82 Å². The van der Waals surface area contributed by atoms with Gasteiger partial charge in [-0.1, -0.05) is 84.9 Å². The predicted molar refractivity (Wildman–Crippen MR) is 183 cm³/mol. The Balaban J connectivity index is 0.000000396. The minimum absolute atomic E-state index is 0.0844. The quantitative estimate of drug-likeness (QED) is 0.110. The third-order valence-corrected chi connectivity index (χ3v) is 7.20. The number of rotatable bonds is 8. The van der Waals surface area contributed by atoms with Crippen molar-refractivity contribution in [2.24, 2.45) is 5.73 Å². The minimum Gasteiger partial charge on any atom is -0.475 e. The van der Waals surface area contributed by atoms with Gasteiger partial charge in [0.15, 0.2) is 5.82 Å². The average Bonchev–Trinajstić information content (AvgIpc) is 3.62. The first-order valence-corrected chi connectivity index (χ1v) is 15.5. The molecule has 6 rings (SSSR count). The summed E-state index contributed by atoms with van der Waals surface area (Å²) in [5.41, 5.74) is 13.2. The molecule has 0 aliphatic carbocycles. The third kappa shape index (κ3) is 11.2. The van der Waals surface area contributed by atoms with Gasteiger partial charge in [-0.3, -0.25) is 14.9 Å². The number of benzene rings is 3. The normalized spacial score (nSPS) is 11.1. The highest BCUT2D eigenvalue weighted by Crippen LogP contribution is 2.34. The van der Waals surface area contributed by atoms with Crippen LogP contribution in [0.4, 0.5) is 26.3 Å². The molecule has 54 heavy (non-hydrogen) atoms. The first-order chi connectivity index (χ1) is 25.6. The van der Waals surface area contributed by atoms with Gasteiger partial charge in [0.2, 0.25) is 5.91 Å². The average molecular weight is 754 g/mol. The second-order valence-electron chi connectivity index (χ2n) is 11.0. The number of amides is 1. The number of aromatic nitrogens is 5. The summed E-state index contributed by atoms with van der Waals surface area (Å²) in [4.78, 5) is 44.7. The first-order valence-electron chi connectivity index (χ1n) is 15.5. The smallest absolute Gasteiger partial charge is 0.475 e. The number of alkyl halides is 6. The van der Waals surface area contributed by atoms with Crippen LogP contribution in [0.15, 0.2) is 103 Å². The number of carboxylic acids is 2. The number of halogens is 6. The van der Waals surface area contributed by atoms with Crippen molar-refractivity contribution in [2.75, 3.05) is 0 Å². The highest BCUT2D eigenvalue weighted by molar-refractivity contribution is 5.93. The Morgan fingerprint density at radius 3 is 1.83 bits per heavy atom. The van der Waals surface area contributed by atoms with E-state index in [2.05, 4.69) is 55.8 Å². The van der Waals surface area contributed by atoms with Crippen molar-refractivity contribution < 1.29 is 50.9 Å². The topological polar surface area (TPSA) is 197 Å². The number of aromatic amines is 1. The SMILES string of the molecule is NCc1ccc(-c2nc3ccnc(CNC(=O)Cc4nc(-c5ccccc5)n[nH]4)c3cc2-c2ccccc2)cc1.O=C(O)C(F)(F)F.O=C(O)C(F)(F)F. The summed E-state index contributed by atoms with van der Waals surface area (Å²) in [7, 11) is 0. The summed E-state index contributed by atoms with van der Waals surface area (Å²) in [5.74, 6) is -4.63. The largest absolute Gasteiger partial charge is 0.490 e. The minimum atomic E-state index is -5.08. The van der Waals surface area contributed by atoms with E-state index in [0.717, 1.165) is 50.1 Å². The van der Waals surface area contributed by atoms with Gasteiger partial charge in [-0.05, 0) is 23.3 Å². The number of pyridine rings is 2. The van der Waals surface area contributed by atoms with Crippen molar-refractivity contribution in [3.05, 3.63) is 120 Å². The van der Waals surface area contributed by atoms with E-state index in [0.29, 0.717) is 18.2 Å². The molecule has 0 bridgehead atoms. The lowest BCUT2D eigenvalue weighted by Gasteiger charge is -2.14. The number of carboxylic acid groups (broad SMARTS) is 2. The molecule has 0 fully saturated rings. The van der Waals surface area contributed by atoms with E-state index >= 15 is 0 Å². The molecule has 18 heteroatoms. The molecule has 3 aromatic carbocycles. The van der Waals surface area contributed by atoms with E-state index < -0.39 is 24.3 Å². The van der Waals surface area contributed by atoms with Crippen molar-refractivity contribution in [1.29, 1.82) is 0 Å². The third-order valence-electron chi connectivity index (χ3n) is 7.20. The fourth-order valence-electron chi connectivity index (χ4n) is 4.64. The molecule has 0 spiro atoms. The number of nitrogens with two attached hydrogens (primary N) is 1. The maximum absolute atomic E-state index is 12.8. The van der Waals surface area contributed by atoms with Crippen molar-refractivity contribution in [3.8, 4) is 33.8 Å². The highest BCUT2D eigenvalue weighted by atomic mass is 19.4. The zero-order valence-electron chi connectivity index (χ0n) is 27.7. The number of carbonyl (C=O) groups is 3. The number of H-pyrrole nitrogens is 1. The van der Waals surface area contributed by atoms with Gasteiger partial charge >= 0.3 is 24.3 Å². The Morgan fingerprint density at radius 1 is 0.741 bits per heavy atom. The van der Waals surface area contributed by atoms with Crippen LogP contribution in [-0.4, -0.2) is 65.6 Å². The van der Waals surface area contributed by atoms with Crippen LogP contribution in [0, 0.1) is 0 Å². The van der Waals surface area contributed by atoms with Crippen molar-refractivity contribution in [3.63, 3.8) is 0 Å². The predicted octanol–water partition coefficient (Wildman–Crippen LogP) is 6.33. The first kappa shape index (κ1) is 40.1. The fourth-order valence-corrected chi connectivity index (χ4v) is 4.64. The van der Waals surface area contributed by atoms with E-state index in [1.54, 1.807) is 6.20 Å². The molecule has 6 N–H and O–H groups in total. The van der Waals surface area contributed by atoms with Crippen LogP contribution >= 0.6 is 0 Å². The molecular formula is C36H29F6N7O5. The van der Waals surface area contributed by atoms with Crippen molar-refractivity contribution in [1.82, 2.24) is 30.5 Å². The van der Waals surface area contributed by atoms with Crippen LogP contribution in [0.2, 0.25) is 0 Å². The number of carbonyl (C=O) groups excluding carboxylic acids is 1. The van der Waals surface area contributed by atoms with E-state index in [1.165, 1.54) is 0 Å². The van der Waals surface area contributed by atoms with Gasteiger partial charge in [0.25, 0.3) is 0 Å². The second kappa shape index (κ2) is 17.7. The number of aliphatic carboxylic acids is 2. The number of nitrogens with one attached hydrogen (secondary N) is 2. The second-order valence-corrected chi connectivity index (χ2v) is 11.0. The Kier molecular flexibility index (Phi) is 13.1. The summed E-state index contributed by atoms with van der Waals surface area (Å²) in [6.45, 7) is 0.749. The van der Waals surface area contributed by atoms with Crippen molar-refractivity contribution >= 4 is 28.7 Å². The lowest BCUT2D eigenvalue weighted by Crippen LogP contribution is -2.25. The molecule has 3 heterocycles. The van der Waals surface area contributed by atoms with Gasteiger partial charge < -0.3 is 21.3 Å². The molecule has 3 aromatic heterocycles. The van der Waals surface area contributed by atoms with Gasteiger partial charge in [0.05, 0.1) is 29.9 Å². The summed E-state index contributed by atoms with van der Waals surface area (Å²) in [6.07, 6.45) is -8.36. The van der Waals surface area contributed by atoms with Crippen LogP contribution in [0.1, 0.15) is 17.1 Å². The zero-order chi connectivity index (χ0) is 39.5. The highest BCUT2D eigenvalue weighted by Gasteiger charge is 2.38. The van der Waals surface area contributed by atoms with Crippen LogP contribution in [-0.2, 0) is 33.9 Å². The summed E-state index contributed by atoms with van der Waals surface area (Å²) in [5, 5.41) is 25.2. The maximum Gasteiger partial charge on any atom is 0.490 e. The standard InChI is InChI=1S/C32H27N7O.2C2HF3O2/c33-19-21-11-13-23(14-12-21)31-25(22-7-3-1-4-8-22)17-26-27(36-31)15-16-34-28(26)20-35-30(40)18-29-37-32(39-38-29)24-9-5-2-6-10-24;2*3-2(4,5)1(6)7/h1-17H,18-20,33H2,(H,35,40)(H,37,38,39);2*(H,6,7). The summed E-state index contributed by atoms with van der Waals surface area (Å²) >= 11 is 0. The van der Waals surface area contributed by atoms with E-state index in [1.807, 2.05) is 66.7 Å². The van der Waals surface area contributed by atoms with Crippen LogP contribution in [0.5, 0.6) is 0 Å². The van der Waals surface area contributed by atoms with Gasteiger partial charge in [0, 0.05) is 34.8 Å².